The van der Waals surface area contributed by atoms with E-state index in [1.165, 1.54) is 6.07 Å². The van der Waals surface area contributed by atoms with Crippen molar-refractivity contribution in [2.45, 2.75) is 17.1 Å². The minimum atomic E-state index is -3.67. The van der Waals surface area contributed by atoms with Crippen LogP contribution in [-0.2, 0) is 10.0 Å². The number of β-amino-alcohol motifs (C(OH)–C–C–N with tert-alkyl or cyclic N) is 2. The maximum atomic E-state index is 12.2. The number of hydrogen-bond donors (Lipinski definition) is 2. The van der Waals surface area contributed by atoms with Crippen LogP contribution in [0.5, 0.6) is 0 Å². The smallest absolute Gasteiger partial charge is 0.244 e. The summed E-state index contributed by atoms with van der Waals surface area (Å²) in [6.07, 6.45) is -2.04. The average Bonchev–Trinajstić information content (AvgIpc) is 2.60. The lowest BCUT2D eigenvalue weighted by Gasteiger charge is -2.16. The molecule has 0 aliphatic carbocycles. The Kier molecular flexibility index (Phi) is 3.55. The number of benzene rings is 1. The summed E-state index contributed by atoms with van der Waals surface area (Å²) in [7, 11) is -3.67. The molecule has 2 N–H and O–H groups in total. The molecule has 0 unspecified atom stereocenters. The highest BCUT2D eigenvalue weighted by molar-refractivity contribution is 9.10. The third kappa shape index (κ3) is 2.38. The van der Waals surface area contributed by atoms with Crippen molar-refractivity contribution in [3.05, 3.63) is 28.7 Å². The molecule has 0 saturated carbocycles. The fourth-order valence-electron chi connectivity index (χ4n) is 1.72. The SMILES string of the molecule is O=S(=O)(c1ccccc1Br)N1C[C@H](O)[C@@H](O)C1. The summed E-state index contributed by atoms with van der Waals surface area (Å²) in [5.74, 6) is 0. The van der Waals surface area contributed by atoms with E-state index in [-0.39, 0.29) is 18.0 Å². The molecule has 0 aromatic heterocycles. The van der Waals surface area contributed by atoms with Crippen molar-refractivity contribution in [2.24, 2.45) is 0 Å². The molecule has 0 spiro atoms. The number of aliphatic hydroxyl groups excluding tert-OH is 2. The summed E-state index contributed by atoms with van der Waals surface area (Å²) < 4.78 is 26.0. The molecule has 1 aromatic rings. The van der Waals surface area contributed by atoms with Crippen LogP contribution in [0.15, 0.2) is 33.6 Å². The number of halogens is 1. The summed E-state index contributed by atoms with van der Waals surface area (Å²) in [5.41, 5.74) is 0. The van der Waals surface area contributed by atoms with Gasteiger partial charge in [0.1, 0.15) is 0 Å². The molecular weight excluding hydrogens is 310 g/mol. The molecule has 5 nitrogen and oxygen atoms in total. The number of hydrogen-bond acceptors (Lipinski definition) is 4. The Balaban J connectivity index is 2.36. The van der Waals surface area contributed by atoms with Gasteiger partial charge in [-0.2, -0.15) is 4.31 Å². The molecule has 1 heterocycles. The molecule has 1 aromatic carbocycles. The van der Waals surface area contributed by atoms with Crippen LogP contribution in [-0.4, -0.2) is 48.2 Å². The second-order valence-electron chi connectivity index (χ2n) is 3.89. The van der Waals surface area contributed by atoms with Crippen molar-refractivity contribution in [3.8, 4) is 0 Å². The van der Waals surface area contributed by atoms with Gasteiger partial charge >= 0.3 is 0 Å². The van der Waals surface area contributed by atoms with Gasteiger partial charge in [0.15, 0.2) is 0 Å². The summed E-state index contributed by atoms with van der Waals surface area (Å²) in [4.78, 5) is 0.140. The third-order valence-electron chi connectivity index (χ3n) is 2.68. The first-order valence-corrected chi connectivity index (χ1v) is 7.27. The predicted molar refractivity (Wildman–Crippen MR) is 64.9 cm³/mol. The molecule has 2 atom stereocenters. The molecule has 0 radical (unpaired) electrons. The molecule has 0 amide bonds. The molecule has 1 aliphatic heterocycles. The second kappa shape index (κ2) is 4.66. The monoisotopic (exact) mass is 321 g/mol. The summed E-state index contributed by atoms with van der Waals surface area (Å²) in [6.45, 7) is -0.157. The van der Waals surface area contributed by atoms with Gasteiger partial charge in [-0.25, -0.2) is 8.42 Å². The lowest BCUT2D eigenvalue weighted by Crippen LogP contribution is -2.30. The van der Waals surface area contributed by atoms with Crippen LogP contribution in [0, 0.1) is 0 Å². The van der Waals surface area contributed by atoms with Crippen LogP contribution in [0.3, 0.4) is 0 Å². The van der Waals surface area contributed by atoms with Gasteiger partial charge in [-0.05, 0) is 28.1 Å². The first-order valence-electron chi connectivity index (χ1n) is 5.04. The number of rotatable bonds is 2. The van der Waals surface area contributed by atoms with E-state index in [0.717, 1.165) is 4.31 Å². The Morgan fingerprint density at radius 1 is 1.18 bits per heavy atom. The van der Waals surface area contributed by atoms with E-state index in [9.17, 15) is 18.6 Å². The Bertz CT molecular complexity index is 509. The van der Waals surface area contributed by atoms with E-state index < -0.39 is 22.2 Å². The van der Waals surface area contributed by atoms with E-state index in [2.05, 4.69) is 15.9 Å². The minimum absolute atomic E-state index is 0.0785. The molecular formula is C10H12BrNO4S. The third-order valence-corrected chi connectivity index (χ3v) is 5.52. The van der Waals surface area contributed by atoms with Crippen molar-refractivity contribution < 1.29 is 18.6 Å². The Labute approximate surface area is 108 Å². The molecule has 7 heteroatoms. The Morgan fingerprint density at radius 3 is 2.24 bits per heavy atom. The zero-order valence-electron chi connectivity index (χ0n) is 8.82. The Hall–Kier alpha value is -0.470. The lowest BCUT2D eigenvalue weighted by molar-refractivity contribution is 0.0572. The summed E-state index contributed by atoms with van der Waals surface area (Å²) >= 11 is 3.18. The minimum Gasteiger partial charge on any atom is -0.389 e. The van der Waals surface area contributed by atoms with Crippen LogP contribution < -0.4 is 0 Å². The topological polar surface area (TPSA) is 77.8 Å². The summed E-state index contributed by atoms with van der Waals surface area (Å²) in [5, 5.41) is 18.8. The van der Waals surface area contributed by atoms with Gasteiger partial charge < -0.3 is 10.2 Å². The van der Waals surface area contributed by atoms with Crippen molar-refractivity contribution in [1.29, 1.82) is 0 Å². The fourth-order valence-corrected chi connectivity index (χ4v) is 4.16. The van der Waals surface area contributed by atoms with Gasteiger partial charge in [-0.3, -0.25) is 0 Å². The first kappa shape index (κ1) is 13.0. The van der Waals surface area contributed by atoms with Crippen LogP contribution >= 0.6 is 15.9 Å². The van der Waals surface area contributed by atoms with E-state index in [1.54, 1.807) is 18.2 Å². The quantitative estimate of drug-likeness (QED) is 0.814. The van der Waals surface area contributed by atoms with Gasteiger partial charge in [-0.15, -0.1) is 0 Å². The van der Waals surface area contributed by atoms with Crippen molar-refractivity contribution in [2.75, 3.05) is 13.1 Å². The van der Waals surface area contributed by atoms with Gasteiger partial charge in [0, 0.05) is 17.6 Å². The highest BCUT2D eigenvalue weighted by atomic mass is 79.9. The number of aliphatic hydroxyl groups is 2. The highest BCUT2D eigenvalue weighted by Gasteiger charge is 2.38. The van der Waals surface area contributed by atoms with Crippen molar-refractivity contribution in [1.82, 2.24) is 4.31 Å². The molecule has 94 valence electrons. The number of sulfonamides is 1. The predicted octanol–water partition coefficient (Wildman–Crippen LogP) is 0.175. The largest absolute Gasteiger partial charge is 0.389 e. The van der Waals surface area contributed by atoms with Crippen LogP contribution in [0.4, 0.5) is 0 Å². The van der Waals surface area contributed by atoms with Gasteiger partial charge in [0.05, 0.1) is 17.1 Å². The normalized spacial score (nSPS) is 26.3. The van der Waals surface area contributed by atoms with Crippen LogP contribution in [0.25, 0.3) is 0 Å². The van der Waals surface area contributed by atoms with Crippen molar-refractivity contribution >= 4 is 26.0 Å². The summed E-state index contributed by atoms with van der Waals surface area (Å²) in [6, 6.07) is 6.46. The molecule has 1 aliphatic rings. The van der Waals surface area contributed by atoms with E-state index in [0.29, 0.717) is 4.47 Å². The number of nitrogens with zero attached hydrogens (tertiary/aromatic N) is 1. The Morgan fingerprint density at radius 2 is 1.71 bits per heavy atom. The molecule has 1 fully saturated rings. The molecule has 0 bridgehead atoms. The zero-order valence-corrected chi connectivity index (χ0v) is 11.2. The standard InChI is InChI=1S/C10H12BrNO4S/c11-7-3-1-2-4-10(7)17(15,16)12-5-8(13)9(14)6-12/h1-4,8-9,13-14H,5-6H2/t8-,9-/m0/s1. The molecule has 2 rings (SSSR count). The highest BCUT2D eigenvalue weighted by Crippen LogP contribution is 2.27. The van der Waals surface area contributed by atoms with Crippen molar-refractivity contribution in [3.63, 3.8) is 0 Å². The molecule has 17 heavy (non-hydrogen) atoms. The van der Waals surface area contributed by atoms with E-state index in [1.807, 2.05) is 0 Å². The zero-order chi connectivity index (χ0) is 12.6. The maximum Gasteiger partial charge on any atom is 0.244 e. The van der Waals surface area contributed by atoms with Gasteiger partial charge in [0.25, 0.3) is 0 Å². The van der Waals surface area contributed by atoms with Crippen LogP contribution in [0.1, 0.15) is 0 Å². The average molecular weight is 322 g/mol. The molecule has 1 saturated heterocycles. The second-order valence-corrected chi connectivity index (χ2v) is 6.65. The fraction of sp³-hybridized carbons (Fsp3) is 0.400. The van der Waals surface area contributed by atoms with Gasteiger partial charge in [-0.1, -0.05) is 12.1 Å². The van der Waals surface area contributed by atoms with Crippen LogP contribution in [0.2, 0.25) is 0 Å². The van der Waals surface area contributed by atoms with E-state index in [4.69, 9.17) is 0 Å². The maximum absolute atomic E-state index is 12.2. The van der Waals surface area contributed by atoms with Gasteiger partial charge in [0.2, 0.25) is 10.0 Å². The van der Waals surface area contributed by atoms with E-state index >= 15 is 0 Å². The first-order chi connectivity index (χ1) is 7.93. The lowest BCUT2D eigenvalue weighted by atomic mass is 10.3.